The van der Waals surface area contributed by atoms with Crippen molar-refractivity contribution in [2.45, 2.75) is 13.5 Å². The van der Waals surface area contributed by atoms with Gasteiger partial charge in [-0.1, -0.05) is 5.16 Å². The number of carbonyl (C=O) groups excluding carboxylic acids is 1. The zero-order valence-electron chi connectivity index (χ0n) is 10.5. The maximum absolute atomic E-state index is 11.0. The monoisotopic (exact) mass is 277 g/mol. The topological polar surface area (TPSA) is 137 Å². The van der Waals surface area contributed by atoms with E-state index in [-0.39, 0.29) is 23.5 Å². The molecule has 1 aromatic carbocycles. The Morgan fingerprint density at radius 2 is 2.30 bits per heavy atom. The van der Waals surface area contributed by atoms with Crippen molar-refractivity contribution >= 4 is 17.3 Å². The standard InChI is InChI=1S/C11H11N5O4/c1-6-14-10(15-20-6)5-13-8-3-2-7(11(12)17)4-9(8)16(18)19/h2-4,13H,5H2,1H3,(H2,12,17). The molecule has 1 heterocycles. The van der Waals surface area contributed by atoms with Gasteiger partial charge in [-0.15, -0.1) is 0 Å². The van der Waals surface area contributed by atoms with Crippen LogP contribution in [-0.2, 0) is 6.54 Å². The molecular weight excluding hydrogens is 266 g/mol. The predicted octanol–water partition coefficient (Wildman–Crippen LogP) is 0.997. The van der Waals surface area contributed by atoms with E-state index in [2.05, 4.69) is 15.5 Å². The lowest BCUT2D eigenvalue weighted by Crippen LogP contribution is -2.12. The van der Waals surface area contributed by atoms with Crippen LogP contribution in [0, 0.1) is 17.0 Å². The number of nitro benzene ring substituents is 1. The normalized spacial score (nSPS) is 10.2. The summed E-state index contributed by atoms with van der Waals surface area (Å²) >= 11 is 0. The van der Waals surface area contributed by atoms with Gasteiger partial charge in [0.2, 0.25) is 11.8 Å². The second kappa shape index (κ2) is 5.34. The molecule has 0 aliphatic rings. The Labute approximate surface area is 112 Å². The van der Waals surface area contributed by atoms with E-state index in [0.29, 0.717) is 11.7 Å². The van der Waals surface area contributed by atoms with Crippen molar-refractivity contribution in [3.05, 3.63) is 45.6 Å². The van der Waals surface area contributed by atoms with Gasteiger partial charge in [0.05, 0.1) is 11.5 Å². The van der Waals surface area contributed by atoms with Crippen LogP contribution in [0.1, 0.15) is 22.1 Å². The van der Waals surface area contributed by atoms with Crippen molar-refractivity contribution in [1.29, 1.82) is 0 Å². The zero-order chi connectivity index (χ0) is 14.7. The molecule has 0 bridgehead atoms. The summed E-state index contributed by atoms with van der Waals surface area (Å²) in [7, 11) is 0. The molecule has 20 heavy (non-hydrogen) atoms. The van der Waals surface area contributed by atoms with Crippen LogP contribution in [0.4, 0.5) is 11.4 Å². The number of anilines is 1. The molecule has 0 radical (unpaired) electrons. The Balaban J connectivity index is 2.22. The minimum atomic E-state index is -0.728. The SMILES string of the molecule is Cc1nc(CNc2ccc(C(N)=O)cc2[N+](=O)[O-])no1. The van der Waals surface area contributed by atoms with E-state index in [0.717, 1.165) is 6.07 Å². The van der Waals surface area contributed by atoms with Crippen LogP contribution >= 0.6 is 0 Å². The highest BCUT2D eigenvalue weighted by molar-refractivity contribution is 5.94. The first-order valence-electron chi connectivity index (χ1n) is 5.58. The summed E-state index contributed by atoms with van der Waals surface area (Å²) in [6.07, 6.45) is 0. The first-order valence-corrected chi connectivity index (χ1v) is 5.58. The van der Waals surface area contributed by atoms with Crippen LogP contribution in [0.2, 0.25) is 0 Å². The Morgan fingerprint density at radius 3 is 2.85 bits per heavy atom. The van der Waals surface area contributed by atoms with Gasteiger partial charge in [0, 0.05) is 18.6 Å². The minimum absolute atomic E-state index is 0.0673. The highest BCUT2D eigenvalue weighted by atomic mass is 16.6. The zero-order valence-corrected chi connectivity index (χ0v) is 10.5. The second-order valence-electron chi connectivity index (χ2n) is 3.94. The quantitative estimate of drug-likeness (QED) is 0.614. The molecular formula is C11H11N5O4. The highest BCUT2D eigenvalue weighted by Gasteiger charge is 2.16. The minimum Gasteiger partial charge on any atom is -0.372 e. The maximum Gasteiger partial charge on any atom is 0.293 e. The number of nitrogens with one attached hydrogen (secondary N) is 1. The number of hydrogen-bond acceptors (Lipinski definition) is 7. The molecule has 9 heteroatoms. The smallest absolute Gasteiger partial charge is 0.293 e. The molecule has 0 saturated carbocycles. The number of primary amides is 1. The molecule has 0 atom stereocenters. The van der Waals surface area contributed by atoms with Gasteiger partial charge in [-0.3, -0.25) is 14.9 Å². The fraction of sp³-hybridized carbons (Fsp3) is 0.182. The lowest BCUT2D eigenvalue weighted by Gasteiger charge is -2.05. The van der Waals surface area contributed by atoms with Gasteiger partial charge >= 0.3 is 0 Å². The van der Waals surface area contributed by atoms with Crippen molar-refractivity contribution in [1.82, 2.24) is 10.1 Å². The van der Waals surface area contributed by atoms with E-state index in [1.165, 1.54) is 12.1 Å². The lowest BCUT2D eigenvalue weighted by atomic mass is 10.1. The molecule has 2 rings (SSSR count). The molecule has 2 aromatic rings. The van der Waals surface area contributed by atoms with Gasteiger partial charge in [0.1, 0.15) is 5.69 Å². The molecule has 1 amide bonds. The fourth-order valence-electron chi connectivity index (χ4n) is 1.57. The summed E-state index contributed by atoms with van der Waals surface area (Å²) in [5.41, 5.74) is 5.14. The van der Waals surface area contributed by atoms with E-state index in [1.807, 2.05) is 0 Å². The molecule has 0 aliphatic carbocycles. The highest BCUT2D eigenvalue weighted by Crippen LogP contribution is 2.25. The molecule has 104 valence electrons. The maximum atomic E-state index is 11.0. The molecule has 0 fully saturated rings. The Morgan fingerprint density at radius 1 is 1.55 bits per heavy atom. The average Bonchev–Trinajstić information content (AvgIpc) is 2.81. The number of benzene rings is 1. The van der Waals surface area contributed by atoms with Crippen molar-refractivity contribution in [2.24, 2.45) is 5.73 Å². The lowest BCUT2D eigenvalue weighted by molar-refractivity contribution is -0.384. The molecule has 0 aliphatic heterocycles. The fourth-order valence-corrected chi connectivity index (χ4v) is 1.57. The summed E-state index contributed by atoms with van der Waals surface area (Å²) in [5.74, 6) is 0.0459. The van der Waals surface area contributed by atoms with Crippen LogP contribution in [0.3, 0.4) is 0 Å². The van der Waals surface area contributed by atoms with E-state index in [9.17, 15) is 14.9 Å². The van der Waals surface area contributed by atoms with Crippen LogP contribution in [0.25, 0.3) is 0 Å². The summed E-state index contributed by atoms with van der Waals surface area (Å²) < 4.78 is 4.79. The number of rotatable bonds is 5. The van der Waals surface area contributed by atoms with Gasteiger partial charge < -0.3 is 15.6 Å². The number of aryl methyl sites for hydroxylation is 1. The molecule has 0 unspecified atom stereocenters. The number of aromatic nitrogens is 2. The second-order valence-corrected chi connectivity index (χ2v) is 3.94. The third-order valence-corrected chi connectivity index (χ3v) is 2.49. The summed E-state index contributed by atoms with van der Waals surface area (Å²) in [6.45, 7) is 1.80. The van der Waals surface area contributed by atoms with E-state index < -0.39 is 10.8 Å². The number of carbonyl (C=O) groups is 1. The van der Waals surface area contributed by atoms with Crippen molar-refractivity contribution in [2.75, 3.05) is 5.32 Å². The number of nitrogens with two attached hydrogens (primary N) is 1. The number of nitrogens with zero attached hydrogens (tertiary/aromatic N) is 3. The average molecular weight is 277 g/mol. The summed E-state index contributed by atoms with van der Waals surface area (Å²) in [4.78, 5) is 25.4. The summed E-state index contributed by atoms with van der Waals surface area (Å²) in [6, 6.07) is 3.93. The first kappa shape index (κ1) is 13.5. The van der Waals surface area contributed by atoms with Crippen LogP contribution < -0.4 is 11.1 Å². The van der Waals surface area contributed by atoms with Crippen molar-refractivity contribution in [3.8, 4) is 0 Å². The molecule has 1 aromatic heterocycles. The van der Waals surface area contributed by atoms with E-state index in [4.69, 9.17) is 10.3 Å². The van der Waals surface area contributed by atoms with E-state index >= 15 is 0 Å². The van der Waals surface area contributed by atoms with Crippen LogP contribution in [-0.4, -0.2) is 21.0 Å². The van der Waals surface area contributed by atoms with Gasteiger partial charge in [-0.2, -0.15) is 4.98 Å². The third kappa shape index (κ3) is 2.88. The largest absolute Gasteiger partial charge is 0.372 e. The Hall–Kier alpha value is -2.97. The molecule has 0 saturated heterocycles. The molecule has 0 spiro atoms. The Bertz CT molecular complexity index is 667. The van der Waals surface area contributed by atoms with E-state index in [1.54, 1.807) is 6.92 Å². The third-order valence-electron chi connectivity index (χ3n) is 2.49. The van der Waals surface area contributed by atoms with Crippen molar-refractivity contribution in [3.63, 3.8) is 0 Å². The van der Waals surface area contributed by atoms with Gasteiger partial charge in [-0.25, -0.2) is 0 Å². The van der Waals surface area contributed by atoms with Gasteiger partial charge in [-0.05, 0) is 12.1 Å². The molecule has 9 nitrogen and oxygen atoms in total. The first-order chi connectivity index (χ1) is 9.47. The van der Waals surface area contributed by atoms with Crippen molar-refractivity contribution < 1.29 is 14.2 Å². The van der Waals surface area contributed by atoms with Crippen LogP contribution in [0.15, 0.2) is 22.7 Å². The van der Waals surface area contributed by atoms with Crippen LogP contribution in [0.5, 0.6) is 0 Å². The number of amides is 1. The molecule has 3 N–H and O–H groups in total. The Kier molecular flexibility index (Phi) is 3.60. The number of nitro groups is 1. The summed E-state index contributed by atoms with van der Waals surface area (Å²) in [5, 5.41) is 17.4. The number of hydrogen-bond donors (Lipinski definition) is 2. The predicted molar refractivity (Wildman–Crippen MR) is 68.0 cm³/mol. The van der Waals surface area contributed by atoms with Gasteiger partial charge in [0.15, 0.2) is 5.82 Å². The van der Waals surface area contributed by atoms with Gasteiger partial charge in [0.25, 0.3) is 5.69 Å².